The van der Waals surface area contributed by atoms with E-state index in [1.807, 2.05) is 0 Å². The smallest absolute Gasteiger partial charge is 0.340 e. The summed E-state index contributed by atoms with van der Waals surface area (Å²) in [4.78, 5) is 11.0. The molecule has 1 aromatic carbocycles. The molecule has 0 atom stereocenters. The standard InChI is InChI=1S/C11H10BrN3O5S/c1-20-6-2-3-8(12)9(4-6)15-21(18,19)10-7(11(16)17)5-13-14-10/h2-5,15H,1H3,(H,13,14)(H,16,17). The highest BCUT2D eigenvalue weighted by atomic mass is 79.9. The number of hydrogen-bond acceptors (Lipinski definition) is 5. The number of sulfonamides is 1. The van der Waals surface area contributed by atoms with Crippen molar-refractivity contribution in [1.29, 1.82) is 0 Å². The van der Waals surface area contributed by atoms with Gasteiger partial charge in [-0.15, -0.1) is 0 Å². The second-order valence-electron chi connectivity index (χ2n) is 3.87. The lowest BCUT2D eigenvalue weighted by Crippen LogP contribution is -2.17. The van der Waals surface area contributed by atoms with Crippen LogP contribution in [-0.4, -0.2) is 36.8 Å². The maximum Gasteiger partial charge on any atom is 0.340 e. The molecule has 0 aliphatic rings. The Morgan fingerprint density at radius 1 is 1.48 bits per heavy atom. The van der Waals surface area contributed by atoms with Crippen LogP contribution in [0.15, 0.2) is 33.9 Å². The van der Waals surface area contributed by atoms with Crippen LogP contribution in [0.5, 0.6) is 5.75 Å². The number of hydrogen-bond donors (Lipinski definition) is 3. The van der Waals surface area contributed by atoms with Crippen LogP contribution in [0.1, 0.15) is 10.4 Å². The second-order valence-corrected chi connectivity index (χ2v) is 6.34. The summed E-state index contributed by atoms with van der Waals surface area (Å²) >= 11 is 3.20. The fourth-order valence-electron chi connectivity index (χ4n) is 1.54. The molecule has 0 aliphatic heterocycles. The number of H-pyrrole nitrogens is 1. The first-order chi connectivity index (χ1) is 9.85. The zero-order valence-electron chi connectivity index (χ0n) is 10.6. The Morgan fingerprint density at radius 3 is 2.81 bits per heavy atom. The highest BCUT2D eigenvalue weighted by molar-refractivity contribution is 9.10. The van der Waals surface area contributed by atoms with Gasteiger partial charge in [-0.1, -0.05) is 0 Å². The van der Waals surface area contributed by atoms with Gasteiger partial charge in [-0.05, 0) is 28.1 Å². The quantitative estimate of drug-likeness (QED) is 0.730. The monoisotopic (exact) mass is 375 g/mol. The van der Waals surface area contributed by atoms with Crippen molar-refractivity contribution in [2.45, 2.75) is 5.03 Å². The van der Waals surface area contributed by atoms with Gasteiger partial charge < -0.3 is 9.84 Å². The van der Waals surface area contributed by atoms with E-state index in [4.69, 9.17) is 9.84 Å². The van der Waals surface area contributed by atoms with Crippen LogP contribution in [0.25, 0.3) is 0 Å². The number of ether oxygens (including phenoxy) is 1. The highest BCUT2D eigenvalue weighted by Crippen LogP contribution is 2.29. The largest absolute Gasteiger partial charge is 0.497 e. The van der Waals surface area contributed by atoms with Gasteiger partial charge in [0.05, 0.1) is 19.0 Å². The molecule has 21 heavy (non-hydrogen) atoms. The summed E-state index contributed by atoms with van der Waals surface area (Å²) in [6.45, 7) is 0. The lowest BCUT2D eigenvalue weighted by molar-refractivity contribution is 0.0692. The molecule has 0 amide bonds. The molecule has 0 spiro atoms. The summed E-state index contributed by atoms with van der Waals surface area (Å²) in [6, 6.07) is 4.70. The van der Waals surface area contributed by atoms with E-state index in [0.29, 0.717) is 10.2 Å². The number of rotatable bonds is 5. The highest BCUT2D eigenvalue weighted by Gasteiger charge is 2.25. The number of carboxylic acid groups (broad SMARTS) is 1. The summed E-state index contributed by atoms with van der Waals surface area (Å²) in [5.41, 5.74) is -0.234. The number of halogens is 1. The third-order valence-electron chi connectivity index (χ3n) is 2.52. The van der Waals surface area contributed by atoms with E-state index in [1.165, 1.54) is 13.2 Å². The third kappa shape index (κ3) is 3.16. The number of nitrogens with one attached hydrogen (secondary N) is 2. The van der Waals surface area contributed by atoms with Gasteiger partial charge in [0.2, 0.25) is 0 Å². The number of carboxylic acids is 1. The molecule has 1 heterocycles. The van der Waals surface area contributed by atoms with Gasteiger partial charge in [0, 0.05) is 10.5 Å². The first kappa shape index (κ1) is 15.3. The van der Waals surface area contributed by atoms with Crippen molar-refractivity contribution in [3.05, 3.63) is 34.4 Å². The maximum absolute atomic E-state index is 12.2. The van der Waals surface area contributed by atoms with Crippen molar-refractivity contribution in [3.8, 4) is 5.75 Å². The summed E-state index contributed by atoms with van der Waals surface area (Å²) in [5, 5.41) is 14.0. The first-order valence-electron chi connectivity index (χ1n) is 5.48. The van der Waals surface area contributed by atoms with Crippen molar-refractivity contribution in [2.24, 2.45) is 0 Å². The molecule has 8 nitrogen and oxygen atoms in total. The van der Waals surface area contributed by atoms with E-state index in [2.05, 4.69) is 30.8 Å². The topological polar surface area (TPSA) is 121 Å². The Morgan fingerprint density at radius 2 is 2.19 bits per heavy atom. The van der Waals surface area contributed by atoms with E-state index < -0.39 is 26.6 Å². The number of aromatic carboxylic acids is 1. The van der Waals surface area contributed by atoms with Crippen LogP contribution >= 0.6 is 15.9 Å². The molecule has 0 bridgehead atoms. The Balaban J connectivity index is 2.42. The molecule has 0 fully saturated rings. The molecule has 0 radical (unpaired) electrons. The molecule has 1 aromatic heterocycles. The Bertz CT molecular complexity index is 787. The number of nitrogens with zero attached hydrogens (tertiary/aromatic N) is 1. The van der Waals surface area contributed by atoms with Crippen molar-refractivity contribution >= 4 is 37.6 Å². The van der Waals surface area contributed by atoms with Crippen LogP contribution in [0.2, 0.25) is 0 Å². The molecule has 0 saturated heterocycles. The fourth-order valence-corrected chi connectivity index (χ4v) is 3.18. The van der Waals surface area contributed by atoms with Crippen LogP contribution < -0.4 is 9.46 Å². The zero-order valence-corrected chi connectivity index (χ0v) is 13.0. The Hall–Kier alpha value is -2.07. The van der Waals surface area contributed by atoms with Gasteiger partial charge in [-0.2, -0.15) is 13.5 Å². The normalized spacial score (nSPS) is 11.1. The van der Waals surface area contributed by atoms with Crippen LogP contribution in [0.4, 0.5) is 5.69 Å². The summed E-state index contributed by atoms with van der Waals surface area (Å²) in [5.74, 6) is -0.951. The summed E-state index contributed by atoms with van der Waals surface area (Å²) in [7, 11) is -2.68. The Labute approximate surface area is 128 Å². The summed E-state index contributed by atoms with van der Waals surface area (Å²) < 4.78 is 32.2. The molecule has 3 N–H and O–H groups in total. The number of aromatic nitrogens is 2. The molecular weight excluding hydrogens is 366 g/mol. The van der Waals surface area contributed by atoms with Crippen LogP contribution in [0, 0.1) is 0 Å². The lowest BCUT2D eigenvalue weighted by atomic mass is 10.3. The fraction of sp³-hybridized carbons (Fsp3) is 0.0909. The molecule has 0 aliphatic carbocycles. The molecule has 10 heteroatoms. The SMILES string of the molecule is COc1ccc(Br)c(NS(=O)(=O)c2[nH]ncc2C(=O)O)c1. The van der Waals surface area contributed by atoms with Gasteiger partial charge in [0.25, 0.3) is 10.0 Å². The van der Waals surface area contributed by atoms with Crippen molar-refractivity contribution in [2.75, 3.05) is 11.8 Å². The number of methoxy groups -OCH3 is 1. The lowest BCUT2D eigenvalue weighted by Gasteiger charge is -2.10. The molecular formula is C11H10BrN3O5S. The van der Waals surface area contributed by atoms with Gasteiger partial charge >= 0.3 is 5.97 Å². The predicted octanol–water partition coefficient (Wildman–Crippen LogP) is 1.68. The molecule has 0 saturated carbocycles. The van der Waals surface area contributed by atoms with E-state index in [0.717, 1.165) is 6.20 Å². The number of anilines is 1. The minimum Gasteiger partial charge on any atom is -0.497 e. The average molecular weight is 376 g/mol. The van der Waals surface area contributed by atoms with E-state index in [1.54, 1.807) is 12.1 Å². The van der Waals surface area contributed by atoms with E-state index in [-0.39, 0.29) is 5.69 Å². The van der Waals surface area contributed by atoms with Gasteiger partial charge in [0.1, 0.15) is 11.3 Å². The van der Waals surface area contributed by atoms with Gasteiger partial charge in [-0.3, -0.25) is 9.82 Å². The van der Waals surface area contributed by atoms with Gasteiger partial charge in [0.15, 0.2) is 5.03 Å². The molecule has 2 rings (SSSR count). The molecule has 112 valence electrons. The minimum atomic E-state index is -4.13. The molecule has 0 unspecified atom stereocenters. The van der Waals surface area contributed by atoms with Gasteiger partial charge in [-0.25, -0.2) is 4.79 Å². The van der Waals surface area contributed by atoms with Crippen molar-refractivity contribution < 1.29 is 23.1 Å². The van der Waals surface area contributed by atoms with Crippen LogP contribution in [0.3, 0.4) is 0 Å². The van der Waals surface area contributed by atoms with E-state index >= 15 is 0 Å². The average Bonchev–Trinajstić information content (AvgIpc) is 2.91. The van der Waals surface area contributed by atoms with Crippen molar-refractivity contribution in [3.63, 3.8) is 0 Å². The third-order valence-corrected chi connectivity index (χ3v) is 4.55. The number of carbonyl (C=O) groups is 1. The number of benzene rings is 1. The first-order valence-corrected chi connectivity index (χ1v) is 7.76. The minimum absolute atomic E-state index is 0.209. The molecule has 2 aromatic rings. The van der Waals surface area contributed by atoms with Crippen LogP contribution in [-0.2, 0) is 10.0 Å². The summed E-state index contributed by atoms with van der Waals surface area (Å²) in [6.07, 6.45) is 0.928. The predicted molar refractivity (Wildman–Crippen MR) is 77.0 cm³/mol. The maximum atomic E-state index is 12.2. The zero-order chi connectivity index (χ0) is 15.6. The second kappa shape index (κ2) is 5.74. The van der Waals surface area contributed by atoms with E-state index in [9.17, 15) is 13.2 Å². The Kier molecular flexibility index (Phi) is 4.19. The number of aromatic amines is 1. The van der Waals surface area contributed by atoms with Crippen molar-refractivity contribution in [1.82, 2.24) is 10.2 Å².